The summed E-state index contributed by atoms with van der Waals surface area (Å²) in [5.74, 6) is 0.162. The smallest absolute Gasteiger partial charge is 0.269 e. The van der Waals surface area contributed by atoms with Gasteiger partial charge in [-0.05, 0) is 54.6 Å². The number of morpholine rings is 1. The lowest BCUT2D eigenvalue weighted by molar-refractivity contribution is -0.384. The van der Waals surface area contributed by atoms with Gasteiger partial charge < -0.3 is 14.1 Å². The molecule has 7 nitrogen and oxygen atoms in total. The first kappa shape index (κ1) is 20.5. The Morgan fingerprint density at radius 1 is 1.06 bits per heavy atom. The highest BCUT2D eigenvalue weighted by molar-refractivity contribution is 6.06. The fourth-order valence-corrected chi connectivity index (χ4v) is 3.32. The van der Waals surface area contributed by atoms with Crippen LogP contribution in [0.4, 0.5) is 15.8 Å². The van der Waals surface area contributed by atoms with Gasteiger partial charge in [0.15, 0.2) is 5.78 Å². The van der Waals surface area contributed by atoms with Gasteiger partial charge in [-0.2, -0.15) is 0 Å². The molecule has 1 aliphatic rings. The highest BCUT2D eigenvalue weighted by atomic mass is 19.1. The quantitative estimate of drug-likeness (QED) is 0.247. The Kier molecular flexibility index (Phi) is 5.90. The lowest BCUT2D eigenvalue weighted by atomic mass is 10.1. The molecule has 0 aliphatic carbocycles. The molecule has 0 amide bonds. The van der Waals surface area contributed by atoms with Crippen LogP contribution in [0, 0.1) is 15.9 Å². The SMILES string of the molecule is O=C(/C=C/c1ccc(-c2ccc([N+](=O)[O-])cc2)o1)c1ccc(N2CCOCC2)c(F)c1. The van der Waals surface area contributed by atoms with E-state index in [0.29, 0.717) is 49.1 Å². The maximum absolute atomic E-state index is 14.5. The van der Waals surface area contributed by atoms with Gasteiger partial charge in [0.2, 0.25) is 0 Å². The number of furan rings is 1. The van der Waals surface area contributed by atoms with Crippen LogP contribution in [0.25, 0.3) is 17.4 Å². The number of allylic oxidation sites excluding steroid dienone is 1. The van der Waals surface area contributed by atoms with Crippen LogP contribution in [-0.4, -0.2) is 37.0 Å². The van der Waals surface area contributed by atoms with Gasteiger partial charge in [0.05, 0.1) is 23.8 Å². The number of nitro benzene ring substituents is 1. The zero-order valence-corrected chi connectivity index (χ0v) is 16.5. The van der Waals surface area contributed by atoms with Crippen molar-refractivity contribution < 1.29 is 23.3 Å². The third-order valence-corrected chi connectivity index (χ3v) is 4.97. The molecule has 31 heavy (non-hydrogen) atoms. The molecule has 0 unspecified atom stereocenters. The average Bonchev–Trinajstić information content (AvgIpc) is 3.27. The lowest BCUT2D eigenvalue weighted by Gasteiger charge is -2.29. The molecule has 0 spiro atoms. The molecule has 158 valence electrons. The predicted molar refractivity (Wildman–Crippen MR) is 114 cm³/mol. The van der Waals surface area contributed by atoms with E-state index in [0.717, 1.165) is 0 Å². The molecule has 0 saturated carbocycles. The van der Waals surface area contributed by atoms with E-state index in [-0.39, 0.29) is 17.0 Å². The van der Waals surface area contributed by atoms with Gasteiger partial charge in [-0.3, -0.25) is 14.9 Å². The number of hydrogen-bond acceptors (Lipinski definition) is 6. The van der Waals surface area contributed by atoms with Crippen molar-refractivity contribution in [3.05, 3.63) is 87.9 Å². The van der Waals surface area contributed by atoms with E-state index in [4.69, 9.17) is 9.15 Å². The number of nitrogens with zero attached hydrogens (tertiary/aromatic N) is 2. The molecular formula is C23H19FN2O5. The molecule has 4 rings (SSSR count). The van der Waals surface area contributed by atoms with Crippen LogP contribution in [0.3, 0.4) is 0 Å². The fraction of sp³-hybridized carbons (Fsp3) is 0.174. The maximum atomic E-state index is 14.5. The van der Waals surface area contributed by atoms with E-state index >= 15 is 0 Å². The first-order valence-electron chi connectivity index (χ1n) is 9.70. The van der Waals surface area contributed by atoms with E-state index in [1.54, 1.807) is 36.4 Å². The van der Waals surface area contributed by atoms with Gasteiger partial charge in [-0.15, -0.1) is 0 Å². The van der Waals surface area contributed by atoms with Crippen molar-refractivity contribution in [2.45, 2.75) is 0 Å². The van der Waals surface area contributed by atoms with Gasteiger partial charge in [-0.1, -0.05) is 0 Å². The van der Waals surface area contributed by atoms with Crippen LogP contribution < -0.4 is 4.90 Å². The minimum atomic E-state index is -0.470. The zero-order chi connectivity index (χ0) is 21.8. The van der Waals surface area contributed by atoms with Crippen LogP contribution in [0.1, 0.15) is 16.1 Å². The largest absolute Gasteiger partial charge is 0.457 e. The summed E-state index contributed by atoms with van der Waals surface area (Å²) >= 11 is 0. The topological polar surface area (TPSA) is 85.8 Å². The van der Waals surface area contributed by atoms with Crippen molar-refractivity contribution in [3.63, 3.8) is 0 Å². The molecule has 0 radical (unpaired) electrons. The summed E-state index contributed by atoms with van der Waals surface area (Å²) in [5, 5.41) is 10.7. The van der Waals surface area contributed by atoms with Crippen molar-refractivity contribution in [1.82, 2.24) is 0 Å². The molecule has 2 heterocycles. The monoisotopic (exact) mass is 422 g/mol. The van der Waals surface area contributed by atoms with Gasteiger partial charge in [0.25, 0.3) is 5.69 Å². The molecule has 1 aliphatic heterocycles. The number of anilines is 1. The first-order valence-corrected chi connectivity index (χ1v) is 9.70. The molecule has 2 aromatic carbocycles. The number of rotatable bonds is 6. The number of ether oxygens (including phenoxy) is 1. The lowest BCUT2D eigenvalue weighted by Crippen LogP contribution is -2.36. The van der Waals surface area contributed by atoms with Gasteiger partial charge in [0.1, 0.15) is 17.3 Å². The Bertz CT molecular complexity index is 1130. The second-order valence-electron chi connectivity index (χ2n) is 6.97. The normalized spacial score (nSPS) is 14.2. The predicted octanol–water partition coefficient (Wildman–Crippen LogP) is 4.73. The summed E-state index contributed by atoms with van der Waals surface area (Å²) in [6.45, 7) is 2.32. The number of benzene rings is 2. The second-order valence-corrected chi connectivity index (χ2v) is 6.97. The van der Waals surface area contributed by atoms with E-state index in [1.165, 1.54) is 30.4 Å². The van der Waals surface area contributed by atoms with Crippen molar-refractivity contribution in [2.24, 2.45) is 0 Å². The number of hydrogen-bond donors (Lipinski definition) is 0. The Balaban J connectivity index is 1.44. The second kappa shape index (κ2) is 8.93. The summed E-state index contributed by atoms with van der Waals surface area (Å²) in [6.07, 6.45) is 2.83. The third kappa shape index (κ3) is 4.70. The third-order valence-electron chi connectivity index (χ3n) is 4.97. The summed E-state index contributed by atoms with van der Waals surface area (Å²) in [5.41, 5.74) is 1.38. The Hall–Kier alpha value is -3.78. The van der Waals surface area contributed by atoms with Crippen molar-refractivity contribution in [1.29, 1.82) is 0 Å². The molecule has 0 atom stereocenters. The molecule has 1 fully saturated rings. The molecule has 3 aromatic rings. The molecule has 0 bridgehead atoms. The minimum Gasteiger partial charge on any atom is -0.457 e. The minimum absolute atomic E-state index is 0.00658. The summed E-state index contributed by atoms with van der Waals surface area (Å²) < 4.78 is 25.5. The highest BCUT2D eigenvalue weighted by Gasteiger charge is 2.16. The van der Waals surface area contributed by atoms with E-state index in [9.17, 15) is 19.3 Å². The first-order chi connectivity index (χ1) is 15.0. The van der Waals surface area contributed by atoms with Crippen LogP contribution in [-0.2, 0) is 4.74 Å². The summed E-state index contributed by atoms with van der Waals surface area (Å²) in [7, 11) is 0. The van der Waals surface area contributed by atoms with Crippen molar-refractivity contribution in [2.75, 3.05) is 31.2 Å². The Morgan fingerprint density at radius 3 is 2.48 bits per heavy atom. The van der Waals surface area contributed by atoms with Gasteiger partial charge in [0, 0.05) is 36.3 Å². The number of non-ortho nitro benzene ring substituents is 1. The number of nitro groups is 1. The van der Waals surface area contributed by atoms with E-state index in [1.807, 2.05) is 4.90 Å². The average molecular weight is 422 g/mol. The van der Waals surface area contributed by atoms with E-state index in [2.05, 4.69) is 0 Å². The number of carbonyl (C=O) groups is 1. The van der Waals surface area contributed by atoms with Crippen LogP contribution in [0.15, 0.2) is 65.1 Å². The fourth-order valence-electron chi connectivity index (χ4n) is 3.32. The van der Waals surface area contributed by atoms with Crippen LogP contribution in [0.2, 0.25) is 0 Å². The molecule has 1 saturated heterocycles. The molecular weight excluding hydrogens is 403 g/mol. The zero-order valence-electron chi connectivity index (χ0n) is 16.5. The van der Waals surface area contributed by atoms with Crippen LogP contribution >= 0.6 is 0 Å². The summed E-state index contributed by atoms with van der Waals surface area (Å²) in [4.78, 5) is 24.6. The number of ketones is 1. The van der Waals surface area contributed by atoms with E-state index < -0.39 is 10.7 Å². The number of halogens is 1. The Morgan fingerprint density at radius 2 is 1.81 bits per heavy atom. The Labute approximate surface area is 177 Å². The standard InChI is InChI=1S/C23H19FN2O5/c24-20-15-17(3-8-21(20)25-11-13-30-14-12-25)22(27)9-6-19-7-10-23(31-19)16-1-4-18(5-2-16)26(28)29/h1-10,15H,11-14H2/b9-6+. The van der Waals surface area contributed by atoms with Gasteiger partial charge >= 0.3 is 0 Å². The highest BCUT2D eigenvalue weighted by Crippen LogP contribution is 2.25. The number of carbonyl (C=O) groups excluding carboxylic acids is 1. The van der Waals surface area contributed by atoms with Crippen molar-refractivity contribution in [3.8, 4) is 11.3 Å². The molecule has 1 aromatic heterocycles. The maximum Gasteiger partial charge on any atom is 0.269 e. The van der Waals surface area contributed by atoms with Crippen molar-refractivity contribution >= 4 is 23.2 Å². The summed E-state index contributed by atoms with van der Waals surface area (Å²) in [6, 6.07) is 13.8. The molecule has 8 heteroatoms. The van der Waals surface area contributed by atoms with Gasteiger partial charge in [-0.25, -0.2) is 4.39 Å². The molecule has 0 N–H and O–H groups in total. The van der Waals surface area contributed by atoms with Crippen LogP contribution in [0.5, 0.6) is 0 Å².